The lowest BCUT2D eigenvalue weighted by Gasteiger charge is -2.51. The Bertz CT molecular complexity index is 1840. The largest absolute Gasteiger partial charge is 0.507 e. The Morgan fingerprint density at radius 1 is 0.909 bits per heavy atom. The molecule has 3 N–H and O–H groups in total. The number of halogens is 3. The first-order valence-electron chi connectivity index (χ1n) is 14.0. The Morgan fingerprint density at radius 2 is 1.64 bits per heavy atom. The minimum atomic E-state index is -1.97. The summed E-state index contributed by atoms with van der Waals surface area (Å²) in [6, 6.07) is 16.1. The number of carbonyl (C=O) groups is 4. The summed E-state index contributed by atoms with van der Waals surface area (Å²) >= 11 is 17.9. The Kier molecular flexibility index (Phi) is 6.80. The number of imide groups is 2. The number of alkyl halides is 3. The van der Waals surface area contributed by atoms with Gasteiger partial charge in [-0.2, -0.15) is 0 Å². The summed E-state index contributed by atoms with van der Waals surface area (Å²) in [5.41, 5.74) is 1.37. The number of phenols is 1. The number of likely N-dealkylation sites (tertiary alicyclic amines) is 1. The molecule has 1 saturated carbocycles. The minimum absolute atomic E-state index is 0.0218. The Balaban J connectivity index is 1.42. The lowest BCUT2D eigenvalue weighted by atomic mass is 9.56. The van der Waals surface area contributed by atoms with Gasteiger partial charge in [-0.05, 0) is 53.4 Å². The van der Waals surface area contributed by atoms with E-state index in [-0.39, 0.29) is 35.2 Å². The van der Waals surface area contributed by atoms with Crippen molar-refractivity contribution in [2.45, 2.75) is 28.5 Å². The number of nitrogens with zero attached hydrogens (tertiary/aromatic N) is 2. The second-order valence-corrected chi connectivity index (χ2v) is 13.4. The van der Waals surface area contributed by atoms with Gasteiger partial charge in [0.1, 0.15) is 5.75 Å². The fraction of sp³-hybridized carbons (Fsp3) is 0.290. The van der Waals surface area contributed by atoms with E-state index in [1.165, 1.54) is 24.3 Å². The number of hydrogen-bond acceptors (Lipinski definition) is 7. The van der Waals surface area contributed by atoms with E-state index in [0.29, 0.717) is 21.9 Å². The highest BCUT2D eigenvalue weighted by atomic mass is 79.9. The fourth-order valence-electron chi connectivity index (χ4n) is 7.74. The summed E-state index contributed by atoms with van der Waals surface area (Å²) in [6.45, 7) is 0. The number of amides is 4. The van der Waals surface area contributed by atoms with Crippen LogP contribution in [0.2, 0.25) is 0 Å². The number of phenolic OH excluding ortho intramolecular Hbond substituents is 1. The molecule has 6 atom stereocenters. The van der Waals surface area contributed by atoms with Crippen LogP contribution in [0.4, 0.5) is 5.69 Å². The molecule has 13 heteroatoms. The minimum Gasteiger partial charge on any atom is -0.507 e. The zero-order chi connectivity index (χ0) is 31.3. The quantitative estimate of drug-likeness (QED) is 0.125. The summed E-state index contributed by atoms with van der Waals surface area (Å²) in [4.78, 5) is 54.0. The molecule has 2 saturated heterocycles. The van der Waals surface area contributed by atoms with E-state index in [1.54, 1.807) is 36.4 Å². The van der Waals surface area contributed by atoms with Gasteiger partial charge in [-0.15, -0.1) is 23.2 Å². The molecule has 44 heavy (non-hydrogen) atoms. The van der Waals surface area contributed by atoms with Crippen molar-refractivity contribution in [3.63, 3.8) is 0 Å². The second-order valence-electron chi connectivity index (χ2n) is 11.7. The molecule has 4 aliphatic rings. The maximum atomic E-state index is 14.2. The highest BCUT2D eigenvalue weighted by Gasteiger charge is 2.76. The lowest BCUT2D eigenvalue weighted by Crippen LogP contribution is -2.60. The van der Waals surface area contributed by atoms with Crippen LogP contribution in [0.5, 0.6) is 5.75 Å². The maximum absolute atomic E-state index is 14.2. The molecule has 2 aliphatic carbocycles. The summed E-state index contributed by atoms with van der Waals surface area (Å²) in [6.07, 6.45) is 1.86. The number of carbonyl (C=O) groups excluding carboxylic acids is 4. The van der Waals surface area contributed by atoms with Gasteiger partial charge in [-0.1, -0.05) is 70.0 Å². The van der Waals surface area contributed by atoms with Gasteiger partial charge in [-0.25, -0.2) is 0 Å². The van der Waals surface area contributed by atoms with Crippen molar-refractivity contribution in [1.82, 2.24) is 4.90 Å². The number of allylic oxidation sites excluding steroid dienone is 2. The first kappa shape index (κ1) is 29.5. The number of anilines is 1. The molecule has 0 bridgehead atoms. The molecule has 2 heterocycles. The number of fused-ring (bicyclic) bond motifs is 5. The molecule has 0 spiro atoms. The van der Waals surface area contributed by atoms with Crippen LogP contribution in [0, 0.1) is 17.8 Å². The molecule has 9 nitrogen and oxygen atoms in total. The number of rotatable bonds is 4. The molecule has 0 aromatic heterocycles. The average Bonchev–Trinajstić information content (AvgIpc) is 3.35. The van der Waals surface area contributed by atoms with Crippen molar-refractivity contribution < 1.29 is 34.3 Å². The Hall–Kier alpha value is -3.22. The van der Waals surface area contributed by atoms with Gasteiger partial charge in [-0.3, -0.25) is 29.0 Å². The third kappa shape index (κ3) is 3.73. The summed E-state index contributed by atoms with van der Waals surface area (Å²) in [7, 11) is -1.80. The van der Waals surface area contributed by atoms with Crippen LogP contribution in [-0.2, 0) is 19.2 Å². The van der Waals surface area contributed by atoms with Crippen LogP contribution in [0.1, 0.15) is 24.3 Å². The van der Waals surface area contributed by atoms with Gasteiger partial charge in [0.05, 0.1) is 23.0 Å². The maximum Gasteiger partial charge on any atom is 0.488 e. The van der Waals surface area contributed by atoms with Gasteiger partial charge in [0.15, 0.2) is 9.75 Å². The topological polar surface area (TPSA) is 135 Å². The molecule has 0 unspecified atom stereocenters. The standard InChI is InChI=1S/C31H24BBrCl2N2O7/c33-14-36-28(41)30(34)13-22-20(25(31(30,35)29(36)42)19-10-11-23(38)18-7-2-1-6-17(18)19)8-9-21-24(22)27(40)37(26(21)39)16-5-3-4-15(12-16)32(43)44/h1-8,10-12,21-22,24-25,38,43-44H,9,13-14H2/t21-,22+,24-,25-,30+,31-/m0/s1. The van der Waals surface area contributed by atoms with Crippen molar-refractivity contribution in [1.29, 1.82) is 0 Å². The number of benzene rings is 3. The van der Waals surface area contributed by atoms with E-state index in [2.05, 4.69) is 15.9 Å². The Morgan fingerprint density at radius 3 is 2.34 bits per heavy atom. The molecule has 3 fully saturated rings. The zero-order valence-corrected chi connectivity index (χ0v) is 26.0. The van der Waals surface area contributed by atoms with Gasteiger partial charge in [0, 0.05) is 11.3 Å². The first-order chi connectivity index (χ1) is 21.0. The van der Waals surface area contributed by atoms with E-state index in [0.717, 1.165) is 9.80 Å². The van der Waals surface area contributed by atoms with E-state index in [1.807, 2.05) is 6.08 Å². The van der Waals surface area contributed by atoms with Gasteiger partial charge >= 0.3 is 7.12 Å². The summed E-state index contributed by atoms with van der Waals surface area (Å²) < 4.78 is 0. The smallest absolute Gasteiger partial charge is 0.488 e. The number of hydrogen-bond donors (Lipinski definition) is 3. The van der Waals surface area contributed by atoms with Crippen LogP contribution in [0.15, 0.2) is 72.3 Å². The highest BCUT2D eigenvalue weighted by Crippen LogP contribution is 2.66. The average molecular weight is 698 g/mol. The van der Waals surface area contributed by atoms with Crippen LogP contribution in [0.3, 0.4) is 0 Å². The lowest BCUT2D eigenvalue weighted by molar-refractivity contribution is -0.138. The van der Waals surface area contributed by atoms with Gasteiger partial charge in [0.25, 0.3) is 11.8 Å². The molecule has 7 rings (SSSR count). The van der Waals surface area contributed by atoms with Crippen molar-refractivity contribution in [3.05, 3.63) is 77.9 Å². The van der Waals surface area contributed by atoms with E-state index >= 15 is 0 Å². The molecule has 3 aromatic carbocycles. The SMILES string of the molecule is O=C1[C@H]2[C@H](CC=C3[C@H]2C[C@@]2(Cl)C(=O)N(CBr)C(=O)[C@@]2(Cl)[C@H]3c2ccc(O)c3ccccc23)C(=O)N1c1cccc(B(O)O)c1. The van der Waals surface area contributed by atoms with Crippen molar-refractivity contribution in [2.75, 3.05) is 10.4 Å². The molecule has 0 radical (unpaired) electrons. The van der Waals surface area contributed by atoms with Crippen LogP contribution < -0.4 is 10.4 Å². The van der Waals surface area contributed by atoms with Crippen LogP contribution in [0.25, 0.3) is 10.8 Å². The third-order valence-electron chi connectivity index (χ3n) is 9.69. The molecule has 224 valence electrons. The highest BCUT2D eigenvalue weighted by molar-refractivity contribution is 9.09. The molecular formula is C31H24BBrCl2N2O7. The summed E-state index contributed by atoms with van der Waals surface area (Å²) in [5, 5.41) is 31.2. The van der Waals surface area contributed by atoms with Gasteiger partial charge in [0.2, 0.25) is 11.8 Å². The normalized spacial score (nSPS) is 31.2. The predicted octanol–water partition coefficient (Wildman–Crippen LogP) is 3.14. The monoisotopic (exact) mass is 696 g/mol. The number of aromatic hydroxyl groups is 1. The van der Waals surface area contributed by atoms with E-state index in [4.69, 9.17) is 23.2 Å². The third-order valence-corrected chi connectivity index (χ3v) is 11.6. The molecular weight excluding hydrogens is 674 g/mol. The van der Waals surface area contributed by atoms with E-state index < -0.39 is 64.2 Å². The van der Waals surface area contributed by atoms with Crippen molar-refractivity contribution in [2.24, 2.45) is 17.8 Å². The zero-order valence-electron chi connectivity index (χ0n) is 22.9. The summed E-state index contributed by atoms with van der Waals surface area (Å²) in [5.74, 6) is -5.67. The van der Waals surface area contributed by atoms with Crippen molar-refractivity contribution >= 4 is 91.8 Å². The van der Waals surface area contributed by atoms with Crippen LogP contribution in [-0.4, -0.2) is 66.0 Å². The molecule has 4 amide bonds. The fourth-order valence-corrected chi connectivity index (χ4v) is 9.15. The van der Waals surface area contributed by atoms with Crippen LogP contribution >= 0.6 is 39.1 Å². The van der Waals surface area contributed by atoms with E-state index in [9.17, 15) is 34.3 Å². The molecule has 2 aliphatic heterocycles. The first-order valence-corrected chi connectivity index (χ1v) is 15.9. The predicted molar refractivity (Wildman–Crippen MR) is 168 cm³/mol. The van der Waals surface area contributed by atoms with Crippen molar-refractivity contribution in [3.8, 4) is 5.75 Å². The van der Waals surface area contributed by atoms with Gasteiger partial charge < -0.3 is 15.2 Å². The second kappa shape index (κ2) is 10.2. The Labute approximate surface area is 270 Å². The molecule has 3 aromatic rings.